The van der Waals surface area contributed by atoms with Crippen LogP contribution in [-0.4, -0.2) is 70.2 Å². The Morgan fingerprint density at radius 1 is 1.15 bits per heavy atom. The summed E-state index contributed by atoms with van der Waals surface area (Å²) in [6, 6.07) is -0.00932. The smallest absolute Gasteiger partial charge is 0.254 e. The Labute approximate surface area is 162 Å². The molecule has 0 radical (unpaired) electrons. The van der Waals surface area contributed by atoms with Gasteiger partial charge in [0.15, 0.2) is 0 Å². The van der Waals surface area contributed by atoms with E-state index in [1.54, 1.807) is 24.1 Å². The Bertz CT molecular complexity index is 628. The van der Waals surface area contributed by atoms with Gasteiger partial charge in [0.05, 0.1) is 17.8 Å². The number of rotatable bonds is 5. The summed E-state index contributed by atoms with van der Waals surface area (Å²) in [5.74, 6) is 0.634. The molecule has 0 bridgehead atoms. The van der Waals surface area contributed by atoms with Crippen molar-refractivity contribution in [1.29, 1.82) is 0 Å². The molecule has 3 heterocycles. The average Bonchev–Trinajstić information content (AvgIpc) is 2.95. The highest BCUT2D eigenvalue weighted by Crippen LogP contribution is 2.20. The lowest BCUT2D eigenvalue weighted by Crippen LogP contribution is -2.50. The normalized spacial score (nSPS) is 20.9. The van der Waals surface area contributed by atoms with Crippen molar-refractivity contribution >= 4 is 11.8 Å². The fourth-order valence-electron chi connectivity index (χ4n) is 4.14. The zero-order valence-corrected chi connectivity index (χ0v) is 16.7. The van der Waals surface area contributed by atoms with Crippen molar-refractivity contribution in [3.63, 3.8) is 0 Å². The molecule has 0 saturated carbocycles. The molecule has 3 rings (SSSR count). The molecule has 2 fully saturated rings. The van der Waals surface area contributed by atoms with Gasteiger partial charge in [0, 0.05) is 32.9 Å². The van der Waals surface area contributed by atoms with Crippen LogP contribution in [0.2, 0.25) is 0 Å². The fourth-order valence-corrected chi connectivity index (χ4v) is 4.14. The molecule has 150 valence electrons. The molecule has 1 aromatic rings. The Morgan fingerprint density at radius 2 is 1.81 bits per heavy atom. The Morgan fingerprint density at radius 3 is 2.41 bits per heavy atom. The number of carbonyl (C=O) groups is 2. The summed E-state index contributed by atoms with van der Waals surface area (Å²) in [6.45, 7) is 6.41. The first-order chi connectivity index (χ1) is 13.0. The number of carbonyl (C=O) groups excluding carboxylic acids is 2. The highest BCUT2D eigenvalue weighted by atomic mass is 16.2. The summed E-state index contributed by atoms with van der Waals surface area (Å²) in [6.07, 6.45) is 10.2. The van der Waals surface area contributed by atoms with E-state index < -0.39 is 0 Å². The summed E-state index contributed by atoms with van der Waals surface area (Å²) >= 11 is 0. The zero-order valence-electron chi connectivity index (χ0n) is 16.7. The van der Waals surface area contributed by atoms with Crippen molar-refractivity contribution in [1.82, 2.24) is 24.9 Å². The van der Waals surface area contributed by atoms with E-state index >= 15 is 0 Å². The molecule has 2 saturated heterocycles. The molecule has 1 atom stereocenters. The summed E-state index contributed by atoms with van der Waals surface area (Å²) in [5, 5.41) is 7.03. The minimum absolute atomic E-state index is 0.00932. The van der Waals surface area contributed by atoms with Crippen molar-refractivity contribution in [3.8, 4) is 0 Å². The maximum atomic E-state index is 12.9. The number of nitrogens with zero attached hydrogens (tertiary/aromatic N) is 4. The predicted molar refractivity (Wildman–Crippen MR) is 104 cm³/mol. The van der Waals surface area contributed by atoms with Crippen molar-refractivity contribution in [3.05, 3.63) is 18.0 Å². The Kier molecular flexibility index (Phi) is 6.88. The van der Waals surface area contributed by atoms with Gasteiger partial charge in [-0.25, -0.2) is 0 Å². The van der Waals surface area contributed by atoms with Gasteiger partial charge in [-0.2, -0.15) is 5.10 Å². The number of piperidine rings is 1. The van der Waals surface area contributed by atoms with E-state index in [0.717, 1.165) is 39.0 Å². The molecule has 7 heteroatoms. The van der Waals surface area contributed by atoms with E-state index in [9.17, 15) is 9.59 Å². The van der Waals surface area contributed by atoms with Crippen LogP contribution in [0.1, 0.15) is 55.8 Å². The van der Waals surface area contributed by atoms with Crippen LogP contribution in [0.3, 0.4) is 0 Å². The monoisotopic (exact) mass is 375 g/mol. The second kappa shape index (κ2) is 9.35. The van der Waals surface area contributed by atoms with E-state index in [1.807, 2.05) is 4.90 Å². The van der Waals surface area contributed by atoms with Gasteiger partial charge in [-0.15, -0.1) is 0 Å². The molecule has 1 N–H and O–H groups in total. The largest absolute Gasteiger partial charge is 0.352 e. The van der Waals surface area contributed by atoms with Gasteiger partial charge >= 0.3 is 0 Å². The minimum atomic E-state index is -0.0728. The fraction of sp³-hybridized carbons (Fsp3) is 0.750. The van der Waals surface area contributed by atoms with Crippen molar-refractivity contribution in [2.24, 2.45) is 13.0 Å². The third-order valence-corrected chi connectivity index (χ3v) is 5.99. The first kappa shape index (κ1) is 19.9. The summed E-state index contributed by atoms with van der Waals surface area (Å²) in [7, 11) is 1.80. The lowest BCUT2D eigenvalue weighted by molar-refractivity contribution is -0.137. The van der Waals surface area contributed by atoms with Crippen LogP contribution in [-0.2, 0) is 11.8 Å². The molecular formula is C20H33N5O2. The van der Waals surface area contributed by atoms with Gasteiger partial charge in [0.25, 0.3) is 5.91 Å². The lowest BCUT2D eigenvalue weighted by atomic mass is 9.96. The number of amides is 2. The summed E-state index contributed by atoms with van der Waals surface area (Å²) < 4.78 is 1.63. The van der Waals surface area contributed by atoms with Gasteiger partial charge < -0.3 is 10.2 Å². The Hall–Kier alpha value is -1.89. The number of aromatic nitrogens is 2. The van der Waals surface area contributed by atoms with E-state index in [0.29, 0.717) is 18.0 Å². The molecule has 2 aliphatic heterocycles. The third-order valence-electron chi connectivity index (χ3n) is 5.99. The first-order valence-electron chi connectivity index (χ1n) is 10.3. The van der Waals surface area contributed by atoms with E-state index in [4.69, 9.17) is 0 Å². The maximum Gasteiger partial charge on any atom is 0.254 e. The molecule has 2 amide bonds. The van der Waals surface area contributed by atoms with E-state index in [2.05, 4.69) is 22.2 Å². The third kappa shape index (κ3) is 5.31. The van der Waals surface area contributed by atoms with Gasteiger partial charge in [0.1, 0.15) is 0 Å². The van der Waals surface area contributed by atoms with Crippen molar-refractivity contribution in [2.45, 2.75) is 51.5 Å². The SMILES string of the molecule is CC(C(=O)N1CCC(CNC(=O)c2cnn(C)c2)CC1)N1CCCCCC1. The first-order valence-corrected chi connectivity index (χ1v) is 10.3. The van der Waals surface area contributed by atoms with Crippen LogP contribution in [0.5, 0.6) is 0 Å². The molecule has 7 nitrogen and oxygen atoms in total. The number of aryl methyl sites for hydroxylation is 1. The summed E-state index contributed by atoms with van der Waals surface area (Å²) in [4.78, 5) is 29.4. The standard InChI is InChI=1S/C20H33N5O2/c1-16(24-9-5-3-4-6-10-24)20(27)25-11-7-17(8-12-25)13-21-19(26)18-14-22-23(2)15-18/h14-17H,3-13H2,1-2H3,(H,21,26). The van der Waals surface area contributed by atoms with E-state index in [-0.39, 0.29) is 17.9 Å². The van der Waals surface area contributed by atoms with Crippen LogP contribution in [0.15, 0.2) is 12.4 Å². The number of hydrogen-bond acceptors (Lipinski definition) is 4. The molecule has 1 aromatic heterocycles. The maximum absolute atomic E-state index is 12.9. The van der Waals surface area contributed by atoms with Crippen LogP contribution in [0.25, 0.3) is 0 Å². The molecule has 27 heavy (non-hydrogen) atoms. The van der Waals surface area contributed by atoms with Gasteiger partial charge in [-0.3, -0.25) is 19.2 Å². The Balaban J connectivity index is 1.41. The molecule has 0 aliphatic carbocycles. The van der Waals surface area contributed by atoms with Gasteiger partial charge in [-0.05, 0) is 51.6 Å². The zero-order chi connectivity index (χ0) is 19.2. The number of hydrogen-bond donors (Lipinski definition) is 1. The molecule has 0 aromatic carbocycles. The van der Waals surface area contributed by atoms with Gasteiger partial charge in [-0.1, -0.05) is 12.8 Å². The van der Waals surface area contributed by atoms with Crippen LogP contribution in [0, 0.1) is 5.92 Å². The van der Waals surface area contributed by atoms with Crippen LogP contribution >= 0.6 is 0 Å². The molecule has 2 aliphatic rings. The lowest BCUT2D eigenvalue weighted by Gasteiger charge is -2.36. The minimum Gasteiger partial charge on any atom is -0.352 e. The van der Waals surface area contributed by atoms with Crippen LogP contribution < -0.4 is 5.32 Å². The number of nitrogens with one attached hydrogen (secondary N) is 1. The van der Waals surface area contributed by atoms with Crippen molar-refractivity contribution < 1.29 is 9.59 Å². The second-order valence-corrected chi connectivity index (χ2v) is 8.01. The van der Waals surface area contributed by atoms with Crippen molar-refractivity contribution in [2.75, 3.05) is 32.7 Å². The summed E-state index contributed by atoms with van der Waals surface area (Å²) in [5.41, 5.74) is 0.594. The molecule has 1 unspecified atom stereocenters. The van der Waals surface area contributed by atoms with Gasteiger partial charge in [0.2, 0.25) is 5.91 Å². The number of likely N-dealkylation sites (tertiary alicyclic amines) is 2. The topological polar surface area (TPSA) is 70.5 Å². The second-order valence-electron chi connectivity index (χ2n) is 8.01. The van der Waals surface area contributed by atoms with E-state index in [1.165, 1.54) is 25.7 Å². The highest BCUT2D eigenvalue weighted by Gasteiger charge is 2.29. The molecule has 0 spiro atoms. The van der Waals surface area contributed by atoms with Crippen LogP contribution in [0.4, 0.5) is 0 Å². The average molecular weight is 376 g/mol. The predicted octanol–water partition coefficient (Wildman–Crippen LogP) is 1.65. The molecular weight excluding hydrogens is 342 g/mol. The highest BCUT2D eigenvalue weighted by molar-refractivity contribution is 5.93. The quantitative estimate of drug-likeness (QED) is 0.850.